The Morgan fingerprint density at radius 2 is 2.00 bits per heavy atom. The Labute approximate surface area is 213 Å². The fourth-order valence-electron chi connectivity index (χ4n) is 4.90. The van der Waals surface area contributed by atoms with Crippen LogP contribution < -0.4 is 10.6 Å². The van der Waals surface area contributed by atoms with E-state index in [0.717, 1.165) is 52.6 Å². The molecular formula is C27H28N6O2S. The van der Waals surface area contributed by atoms with Gasteiger partial charge < -0.3 is 15.6 Å². The monoisotopic (exact) mass is 500 g/mol. The van der Waals surface area contributed by atoms with Crippen LogP contribution >= 0.6 is 11.3 Å². The summed E-state index contributed by atoms with van der Waals surface area (Å²) in [5, 5.41) is 22.9. The molecule has 0 aliphatic heterocycles. The predicted octanol–water partition coefficient (Wildman–Crippen LogP) is 6.24. The number of carbonyl (C=O) groups excluding carboxylic acids is 2. The van der Waals surface area contributed by atoms with Gasteiger partial charge in [0.1, 0.15) is 5.82 Å². The predicted molar refractivity (Wildman–Crippen MR) is 142 cm³/mol. The Bertz CT molecular complexity index is 1440. The summed E-state index contributed by atoms with van der Waals surface area (Å²) in [7, 11) is 0. The number of aromatic nitrogens is 3. The van der Waals surface area contributed by atoms with E-state index in [1.165, 1.54) is 17.8 Å². The van der Waals surface area contributed by atoms with E-state index in [1.54, 1.807) is 18.5 Å². The van der Waals surface area contributed by atoms with Crippen molar-refractivity contribution in [2.24, 2.45) is 5.41 Å². The van der Waals surface area contributed by atoms with Crippen LogP contribution in [0.15, 0.2) is 42.7 Å². The summed E-state index contributed by atoms with van der Waals surface area (Å²) in [6.07, 6.45) is 9.50. The number of aryl methyl sites for hydroxylation is 1. The van der Waals surface area contributed by atoms with Crippen molar-refractivity contribution in [3.8, 4) is 16.5 Å². The number of fused-ring (bicyclic) bond motifs is 1. The second-order valence-corrected chi connectivity index (χ2v) is 10.7. The second kappa shape index (κ2) is 9.99. The zero-order valence-electron chi connectivity index (χ0n) is 20.1. The first kappa shape index (κ1) is 23.8. The van der Waals surface area contributed by atoms with Crippen LogP contribution in [0.5, 0.6) is 0 Å². The smallest absolute Gasteiger partial charge is 0.266 e. The molecular weight excluding hydrogens is 472 g/mol. The van der Waals surface area contributed by atoms with Crippen LogP contribution in [0.4, 0.5) is 11.5 Å². The molecule has 1 aliphatic rings. The van der Waals surface area contributed by atoms with Crippen molar-refractivity contribution in [2.45, 2.75) is 51.9 Å². The largest absolute Gasteiger partial charge is 0.341 e. The van der Waals surface area contributed by atoms with Gasteiger partial charge in [-0.3, -0.25) is 14.7 Å². The number of carbonyl (C=O) groups is 2. The fraction of sp³-hybridized carbons (Fsp3) is 0.333. The number of anilines is 2. The van der Waals surface area contributed by atoms with Crippen molar-refractivity contribution in [1.29, 1.82) is 5.26 Å². The molecule has 3 aromatic heterocycles. The molecule has 3 heterocycles. The Hall–Kier alpha value is -3.90. The number of benzene rings is 1. The number of nitrogens with zero attached hydrogens (tertiary/aromatic N) is 2. The minimum absolute atomic E-state index is 0.0532. The summed E-state index contributed by atoms with van der Waals surface area (Å²) >= 11 is 1.39. The maximum Gasteiger partial charge on any atom is 0.266 e. The van der Waals surface area contributed by atoms with E-state index in [9.17, 15) is 14.9 Å². The van der Waals surface area contributed by atoms with E-state index in [4.69, 9.17) is 0 Å². The Balaban J connectivity index is 1.39. The van der Waals surface area contributed by atoms with Crippen molar-refractivity contribution < 1.29 is 9.59 Å². The van der Waals surface area contributed by atoms with Crippen molar-refractivity contribution in [1.82, 2.24) is 15.2 Å². The van der Waals surface area contributed by atoms with Gasteiger partial charge in [0.05, 0.1) is 17.1 Å². The van der Waals surface area contributed by atoms with Gasteiger partial charge in [-0.1, -0.05) is 32.3 Å². The van der Waals surface area contributed by atoms with E-state index in [2.05, 4.69) is 31.9 Å². The number of thiophene rings is 1. The number of aromatic amines is 2. The average molecular weight is 501 g/mol. The Kier molecular flexibility index (Phi) is 6.61. The van der Waals surface area contributed by atoms with E-state index < -0.39 is 0 Å². The molecule has 1 fully saturated rings. The zero-order valence-corrected chi connectivity index (χ0v) is 20.9. The number of H-pyrrole nitrogens is 2. The number of hydrogen-bond donors (Lipinski definition) is 4. The number of nitrogens with one attached hydrogen (secondary N) is 4. The van der Waals surface area contributed by atoms with Crippen LogP contribution in [0.25, 0.3) is 21.3 Å². The summed E-state index contributed by atoms with van der Waals surface area (Å²) in [4.78, 5) is 30.9. The minimum atomic E-state index is -0.337. The van der Waals surface area contributed by atoms with Crippen LogP contribution in [0.3, 0.4) is 0 Å². The molecule has 184 valence electrons. The molecule has 1 saturated carbocycles. The van der Waals surface area contributed by atoms with Gasteiger partial charge in [-0.15, -0.1) is 11.3 Å². The molecule has 9 heteroatoms. The maximum atomic E-state index is 13.1. The lowest BCUT2D eigenvalue weighted by Gasteiger charge is -2.32. The van der Waals surface area contributed by atoms with E-state index >= 15 is 0 Å². The van der Waals surface area contributed by atoms with Gasteiger partial charge in [0.25, 0.3) is 5.91 Å². The number of rotatable bonds is 7. The van der Waals surface area contributed by atoms with Crippen molar-refractivity contribution in [2.75, 3.05) is 10.6 Å². The highest BCUT2D eigenvalue weighted by atomic mass is 32.1. The van der Waals surface area contributed by atoms with Gasteiger partial charge >= 0.3 is 0 Å². The summed E-state index contributed by atoms with van der Waals surface area (Å²) < 4.78 is 0. The summed E-state index contributed by atoms with van der Waals surface area (Å²) in [6.45, 7) is 2.05. The van der Waals surface area contributed by atoms with Crippen LogP contribution in [0.1, 0.15) is 60.7 Å². The lowest BCUT2D eigenvalue weighted by atomic mass is 9.75. The van der Waals surface area contributed by atoms with Gasteiger partial charge in [-0.2, -0.15) is 10.4 Å². The van der Waals surface area contributed by atoms with Gasteiger partial charge in [-0.25, -0.2) is 0 Å². The number of hydrogen-bond acceptors (Lipinski definition) is 5. The van der Waals surface area contributed by atoms with Gasteiger partial charge in [0, 0.05) is 50.6 Å². The quantitative estimate of drug-likeness (QED) is 0.240. The SMILES string of the molecule is CC1(C(=O)Nc2ccc3c(CCC#N)c(NC(=O)c4ccc(-c5cn[nH]c5)s4)[nH]c3c2)CCCCC1. The molecule has 1 aliphatic carbocycles. The molecule has 8 nitrogen and oxygen atoms in total. The van der Waals surface area contributed by atoms with Crippen molar-refractivity contribution >= 4 is 45.6 Å². The molecule has 4 aromatic rings. The number of nitriles is 1. The third-order valence-electron chi connectivity index (χ3n) is 7.01. The van der Waals surface area contributed by atoms with Crippen LogP contribution in [0, 0.1) is 16.7 Å². The first-order valence-electron chi connectivity index (χ1n) is 12.2. The Morgan fingerprint density at radius 1 is 1.17 bits per heavy atom. The van der Waals surface area contributed by atoms with Gasteiger partial charge in [-0.05, 0) is 43.5 Å². The molecule has 0 atom stereocenters. The van der Waals surface area contributed by atoms with Crippen molar-refractivity contribution in [3.05, 3.63) is 53.2 Å². The molecule has 4 N–H and O–H groups in total. The first-order valence-corrected chi connectivity index (χ1v) is 13.0. The molecule has 2 amide bonds. The topological polar surface area (TPSA) is 126 Å². The second-order valence-electron chi connectivity index (χ2n) is 9.58. The highest BCUT2D eigenvalue weighted by molar-refractivity contribution is 7.17. The highest BCUT2D eigenvalue weighted by Crippen LogP contribution is 2.37. The van der Waals surface area contributed by atoms with Crippen molar-refractivity contribution in [3.63, 3.8) is 0 Å². The van der Waals surface area contributed by atoms with Gasteiger partial charge in [0.15, 0.2) is 0 Å². The van der Waals surface area contributed by atoms with Crippen LogP contribution in [-0.2, 0) is 11.2 Å². The van der Waals surface area contributed by atoms with Crippen LogP contribution in [-0.4, -0.2) is 27.0 Å². The molecule has 0 bridgehead atoms. The normalized spacial score (nSPS) is 14.9. The standard InChI is InChI=1S/C27H28N6O2S/c1-27(11-3-2-4-12-27)26(35)31-18-7-8-19-20(6-5-13-28)24(32-21(19)14-18)33-25(34)23-10-9-22(36-23)17-15-29-30-16-17/h7-10,14-16,32H,2-6,11-12H2,1H3,(H,29,30)(H,31,35)(H,33,34). The van der Waals surface area contributed by atoms with E-state index in [1.807, 2.05) is 31.2 Å². The maximum absolute atomic E-state index is 13.1. The number of amides is 2. The molecule has 0 unspecified atom stereocenters. The lowest BCUT2D eigenvalue weighted by molar-refractivity contribution is -0.126. The lowest BCUT2D eigenvalue weighted by Crippen LogP contribution is -2.35. The average Bonchev–Trinajstić information content (AvgIpc) is 3.63. The third kappa shape index (κ3) is 4.77. The molecule has 0 saturated heterocycles. The first-order chi connectivity index (χ1) is 17.5. The van der Waals surface area contributed by atoms with Gasteiger partial charge in [0.2, 0.25) is 5.91 Å². The van der Waals surface area contributed by atoms with E-state index in [0.29, 0.717) is 29.2 Å². The molecule has 1 aromatic carbocycles. The third-order valence-corrected chi connectivity index (χ3v) is 8.14. The molecule has 5 rings (SSSR count). The summed E-state index contributed by atoms with van der Waals surface area (Å²) in [6, 6.07) is 11.6. The van der Waals surface area contributed by atoms with E-state index in [-0.39, 0.29) is 17.2 Å². The highest BCUT2D eigenvalue weighted by Gasteiger charge is 2.34. The zero-order chi connectivity index (χ0) is 25.1. The molecule has 0 radical (unpaired) electrons. The van der Waals surface area contributed by atoms with Crippen LogP contribution in [0.2, 0.25) is 0 Å². The fourth-order valence-corrected chi connectivity index (χ4v) is 5.78. The summed E-state index contributed by atoms with van der Waals surface area (Å²) in [5.41, 5.74) is 2.99. The minimum Gasteiger partial charge on any atom is -0.341 e. The molecule has 36 heavy (non-hydrogen) atoms. The Morgan fingerprint density at radius 3 is 2.75 bits per heavy atom. The summed E-state index contributed by atoms with van der Waals surface area (Å²) in [5.74, 6) is 0.405. The molecule has 0 spiro atoms.